The standard InChI is InChI=1S/C132H86N4O2/c1-3-24-87(25-4-1)102-83-103(95-68-79-110(80-69-95)134(109-75-64-93(65-76-109)90-52-58-98(59-53-90)113-37-22-39-121-119-36-13-20-47-129(119)137-131(113)121)108-73-62-92(63-74-108)89-50-56-97(57-51-89)112-31-8-15-42-124(112)136-127-45-18-11-34-117(127)118-35-12-19-46-128(118)136)85-104(84-102)100-70-81-120-122-40-23-38-114(132(122)138-130(120)86-100)101-27-21-26-99(82-101)94-66-77-107(78-67-94)133(105-28-5-2-6-29-105)106-71-60-91(61-72-106)88-48-54-96(55-49-88)111-30-7-14-41-123(111)135-125-43-16-9-32-115(125)116-33-10-17-44-126(116)135/h1-86H. The highest BCUT2D eigenvalue weighted by molar-refractivity contribution is 6.14. The Kier molecular flexibility index (Phi) is 19.9. The molecule has 0 saturated carbocycles. The quantitative estimate of drug-likeness (QED) is 0.0809. The number of nitrogens with zero attached hydrogens (tertiary/aromatic N) is 4. The van der Waals surface area contributed by atoms with Crippen LogP contribution >= 0.6 is 0 Å². The number of hydrogen-bond donors (Lipinski definition) is 0. The molecule has 6 heteroatoms. The first-order valence-electron chi connectivity index (χ1n) is 47.2. The molecule has 22 aromatic carbocycles. The molecule has 0 spiro atoms. The van der Waals surface area contributed by atoms with Gasteiger partial charge in [0, 0.05) is 99.5 Å². The average molecular weight is 1760 g/mol. The Bertz CT molecular complexity index is 9020. The van der Waals surface area contributed by atoms with Crippen LogP contribution in [0.25, 0.3) is 221 Å². The zero-order valence-electron chi connectivity index (χ0n) is 75.3. The maximum atomic E-state index is 7.14. The normalized spacial score (nSPS) is 11.6. The molecule has 0 fully saturated rings. The lowest BCUT2D eigenvalue weighted by molar-refractivity contribution is 0.669. The highest BCUT2D eigenvalue weighted by atomic mass is 16.3. The van der Waals surface area contributed by atoms with Gasteiger partial charge in [-0.05, 0) is 252 Å². The molecule has 0 aliphatic heterocycles. The summed E-state index contributed by atoms with van der Waals surface area (Å²) in [5.41, 5.74) is 41.6. The number of furan rings is 2. The Labute approximate surface area is 799 Å². The summed E-state index contributed by atoms with van der Waals surface area (Å²) in [6, 6.07) is 190. The van der Waals surface area contributed by atoms with Crippen LogP contribution in [0.5, 0.6) is 0 Å². The number of benzene rings is 22. The molecule has 26 aromatic rings. The zero-order valence-corrected chi connectivity index (χ0v) is 75.3. The van der Waals surface area contributed by atoms with E-state index in [-0.39, 0.29) is 0 Å². The highest BCUT2D eigenvalue weighted by Gasteiger charge is 2.24. The number of anilines is 6. The monoisotopic (exact) mass is 1760 g/mol. The minimum atomic E-state index is 0.831. The molecule has 0 amide bonds. The van der Waals surface area contributed by atoms with Gasteiger partial charge in [0.05, 0.1) is 33.4 Å². The van der Waals surface area contributed by atoms with Gasteiger partial charge in [0.15, 0.2) is 0 Å². The van der Waals surface area contributed by atoms with Gasteiger partial charge in [0.25, 0.3) is 0 Å². The number of fused-ring (bicyclic) bond motifs is 12. The van der Waals surface area contributed by atoms with Crippen LogP contribution in [-0.4, -0.2) is 9.13 Å². The smallest absolute Gasteiger partial charge is 0.143 e. The Morgan fingerprint density at radius 2 is 0.384 bits per heavy atom. The third-order valence-electron chi connectivity index (χ3n) is 27.8. The molecule has 4 aromatic heterocycles. The van der Waals surface area contributed by atoms with Gasteiger partial charge in [0.2, 0.25) is 0 Å². The molecule has 4 heterocycles. The minimum Gasteiger partial charge on any atom is -0.455 e. The SMILES string of the molecule is c1ccc(-c2cc(-c3ccc(N(c4ccc(-c5ccc(-c6ccccc6-n6c7ccccc7c7ccccc76)cc5)cc4)c4ccc(-c5ccc(-c6cccc7c6oc6ccccc67)cc5)cc4)cc3)cc(-c3ccc4c(c3)oc3c(-c5cccc(-c6ccc(N(c7ccccc7)c7ccc(-c8ccc(-c9ccccc9-n9c%10ccccc%10c%10ccccc%109)cc8)cc7)cc6)c5)cccc34)c2)cc1. The van der Waals surface area contributed by atoms with E-state index in [2.05, 4.69) is 529 Å². The third kappa shape index (κ3) is 14.4. The van der Waals surface area contributed by atoms with Crippen LogP contribution < -0.4 is 9.80 Å². The van der Waals surface area contributed by atoms with Crippen LogP contribution in [0.4, 0.5) is 34.1 Å². The molecule has 26 rings (SSSR count). The van der Waals surface area contributed by atoms with Crippen LogP contribution in [0, 0.1) is 0 Å². The largest absolute Gasteiger partial charge is 0.455 e. The molecule has 0 aliphatic rings. The number of hydrogen-bond acceptors (Lipinski definition) is 4. The Morgan fingerprint density at radius 3 is 0.819 bits per heavy atom. The summed E-state index contributed by atoms with van der Waals surface area (Å²) in [5, 5.41) is 9.39. The van der Waals surface area contributed by atoms with Crippen molar-refractivity contribution in [1.82, 2.24) is 9.13 Å². The van der Waals surface area contributed by atoms with E-state index in [0.29, 0.717) is 0 Å². The van der Waals surface area contributed by atoms with Crippen molar-refractivity contribution in [2.75, 3.05) is 9.80 Å². The van der Waals surface area contributed by atoms with Crippen LogP contribution in [-0.2, 0) is 0 Å². The lowest BCUT2D eigenvalue weighted by Crippen LogP contribution is -2.09. The molecule has 0 aliphatic carbocycles. The molecule has 0 N–H and O–H groups in total. The topological polar surface area (TPSA) is 42.6 Å². The fourth-order valence-electron chi connectivity index (χ4n) is 21.0. The summed E-state index contributed by atoms with van der Waals surface area (Å²) in [6.45, 7) is 0. The van der Waals surface area contributed by atoms with Gasteiger partial charge in [-0.15, -0.1) is 0 Å². The van der Waals surface area contributed by atoms with Gasteiger partial charge in [-0.3, -0.25) is 0 Å². The average Bonchev–Trinajstić information content (AvgIpc) is 1.32. The van der Waals surface area contributed by atoms with Gasteiger partial charge in [-0.1, -0.05) is 370 Å². The first-order chi connectivity index (χ1) is 68.4. The minimum absolute atomic E-state index is 0.831. The summed E-state index contributed by atoms with van der Waals surface area (Å²) >= 11 is 0. The van der Waals surface area contributed by atoms with E-state index in [1.807, 2.05) is 12.1 Å². The van der Waals surface area contributed by atoms with Gasteiger partial charge in [-0.2, -0.15) is 0 Å². The fourth-order valence-corrected chi connectivity index (χ4v) is 21.0. The lowest BCUT2D eigenvalue weighted by Gasteiger charge is -2.26. The summed E-state index contributed by atoms with van der Waals surface area (Å²) < 4.78 is 18.5. The van der Waals surface area contributed by atoms with Gasteiger partial charge in [0.1, 0.15) is 22.3 Å². The molecule has 0 unspecified atom stereocenters. The van der Waals surface area contributed by atoms with Crippen molar-refractivity contribution in [2.24, 2.45) is 0 Å². The number of rotatable bonds is 19. The van der Waals surface area contributed by atoms with Gasteiger partial charge >= 0.3 is 0 Å². The first-order valence-corrected chi connectivity index (χ1v) is 47.2. The van der Waals surface area contributed by atoms with Crippen LogP contribution in [0.2, 0.25) is 0 Å². The Hall–Kier alpha value is -18.4. The van der Waals surface area contributed by atoms with Crippen molar-refractivity contribution >= 4 is 122 Å². The maximum Gasteiger partial charge on any atom is 0.143 e. The van der Waals surface area contributed by atoms with Crippen molar-refractivity contribution in [1.29, 1.82) is 0 Å². The van der Waals surface area contributed by atoms with Gasteiger partial charge in [-0.25, -0.2) is 0 Å². The molecular weight excluding hydrogens is 1670 g/mol. The molecule has 0 saturated heterocycles. The molecular formula is C132H86N4O2. The van der Waals surface area contributed by atoms with E-state index in [1.165, 1.54) is 60.3 Å². The lowest BCUT2D eigenvalue weighted by atomic mass is 9.93. The summed E-state index contributed by atoms with van der Waals surface area (Å²) in [6.07, 6.45) is 0. The molecule has 6 nitrogen and oxygen atoms in total. The van der Waals surface area contributed by atoms with E-state index in [0.717, 1.165) is 195 Å². The van der Waals surface area contributed by atoms with E-state index >= 15 is 0 Å². The second-order valence-electron chi connectivity index (χ2n) is 35.8. The second kappa shape index (κ2) is 34.0. The van der Waals surface area contributed by atoms with Crippen molar-refractivity contribution < 1.29 is 8.83 Å². The summed E-state index contributed by atoms with van der Waals surface area (Å²) in [7, 11) is 0. The summed E-state index contributed by atoms with van der Waals surface area (Å²) in [4.78, 5) is 4.70. The van der Waals surface area contributed by atoms with E-state index in [4.69, 9.17) is 8.83 Å². The second-order valence-corrected chi connectivity index (χ2v) is 35.8. The molecule has 0 atom stereocenters. The third-order valence-corrected chi connectivity index (χ3v) is 27.8. The van der Waals surface area contributed by atoms with Crippen LogP contribution in [0.15, 0.2) is 531 Å². The predicted molar refractivity (Wildman–Crippen MR) is 579 cm³/mol. The van der Waals surface area contributed by atoms with Crippen molar-refractivity contribution in [3.05, 3.63) is 522 Å². The fraction of sp³-hybridized carbons (Fsp3) is 0. The zero-order chi connectivity index (χ0) is 91.1. The first kappa shape index (κ1) is 80.5. The summed E-state index contributed by atoms with van der Waals surface area (Å²) in [5.74, 6) is 0. The number of para-hydroxylation sites is 10. The van der Waals surface area contributed by atoms with E-state index < -0.39 is 0 Å². The van der Waals surface area contributed by atoms with Crippen molar-refractivity contribution in [3.8, 4) is 134 Å². The Balaban J connectivity index is 0.487. The predicted octanol–water partition coefficient (Wildman–Crippen LogP) is 37.0. The van der Waals surface area contributed by atoms with E-state index in [9.17, 15) is 0 Å². The Morgan fingerprint density at radius 1 is 0.138 bits per heavy atom. The molecule has 0 bridgehead atoms. The van der Waals surface area contributed by atoms with E-state index in [1.54, 1.807) is 0 Å². The maximum absolute atomic E-state index is 7.14. The van der Waals surface area contributed by atoms with Crippen LogP contribution in [0.1, 0.15) is 0 Å². The molecule has 0 radical (unpaired) electrons. The molecule has 138 heavy (non-hydrogen) atoms. The number of aromatic nitrogens is 2. The van der Waals surface area contributed by atoms with Crippen molar-refractivity contribution in [3.63, 3.8) is 0 Å². The van der Waals surface area contributed by atoms with Crippen LogP contribution in [0.3, 0.4) is 0 Å². The molecule has 646 valence electrons. The van der Waals surface area contributed by atoms with Crippen molar-refractivity contribution in [2.45, 2.75) is 0 Å². The highest BCUT2D eigenvalue weighted by Crippen LogP contribution is 2.48. The van der Waals surface area contributed by atoms with Gasteiger partial charge < -0.3 is 27.8 Å².